The van der Waals surface area contributed by atoms with Gasteiger partial charge in [0.1, 0.15) is 0 Å². The predicted molar refractivity (Wildman–Crippen MR) is 134 cm³/mol. The van der Waals surface area contributed by atoms with Gasteiger partial charge in [-0.1, -0.05) is 6.07 Å². The molecular formula is C27H22F3N5O2. The fourth-order valence-corrected chi connectivity index (χ4v) is 4.28. The van der Waals surface area contributed by atoms with Crippen LogP contribution in [0.25, 0.3) is 17.3 Å². The van der Waals surface area contributed by atoms with Gasteiger partial charge >= 0.3 is 6.18 Å². The van der Waals surface area contributed by atoms with E-state index in [1.54, 1.807) is 37.4 Å². The zero-order chi connectivity index (χ0) is 26.5. The van der Waals surface area contributed by atoms with Crippen LogP contribution in [0.2, 0.25) is 0 Å². The first-order chi connectivity index (χ1) is 17.5. The number of benzene rings is 2. The Morgan fingerprint density at radius 1 is 1.08 bits per heavy atom. The maximum atomic E-state index is 13.6. The van der Waals surface area contributed by atoms with Crippen LogP contribution in [0.1, 0.15) is 44.1 Å². The van der Waals surface area contributed by atoms with Crippen LogP contribution in [0.4, 0.5) is 24.5 Å². The number of hydrogen-bond donors (Lipinski definition) is 3. The van der Waals surface area contributed by atoms with Crippen molar-refractivity contribution in [2.24, 2.45) is 0 Å². The van der Waals surface area contributed by atoms with Gasteiger partial charge in [-0.3, -0.25) is 9.59 Å². The molecule has 3 N–H and O–H groups in total. The van der Waals surface area contributed by atoms with E-state index in [4.69, 9.17) is 0 Å². The summed E-state index contributed by atoms with van der Waals surface area (Å²) >= 11 is 0. The Bertz CT molecular complexity index is 1590. The zero-order valence-electron chi connectivity index (χ0n) is 20.1. The highest BCUT2D eigenvalue weighted by Gasteiger charge is 2.32. The number of hydrogen-bond acceptors (Lipinski definition) is 3. The van der Waals surface area contributed by atoms with Crippen molar-refractivity contribution in [3.63, 3.8) is 0 Å². The van der Waals surface area contributed by atoms with E-state index in [9.17, 15) is 22.8 Å². The molecule has 0 aliphatic carbocycles. The summed E-state index contributed by atoms with van der Waals surface area (Å²) in [5.74, 6) is -1.01. The lowest BCUT2D eigenvalue weighted by molar-refractivity contribution is -0.137. The number of nitrogens with zero attached hydrogens (tertiary/aromatic N) is 2. The maximum absolute atomic E-state index is 13.6. The molecule has 4 aromatic rings. The van der Waals surface area contributed by atoms with Crippen LogP contribution in [-0.2, 0) is 11.0 Å². The molecule has 188 valence electrons. The molecule has 2 aromatic heterocycles. The summed E-state index contributed by atoms with van der Waals surface area (Å²) in [5.41, 5.74) is 4.41. The second-order valence-corrected chi connectivity index (χ2v) is 8.96. The van der Waals surface area contributed by atoms with Crippen molar-refractivity contribution in [1.82, 2.24) is 14.5 Å². The van der Waals surface area contributed by atoms with Crippen LogP contribution >= 0.6 is 0 Å². The Kier molecular flexibility index (Phi) is 5.74. The number of aryl methyl sites for hydroxylation is 3. The molecule has 2 aromatic carbocycles. The number of imidazole rings is 1. The number of anilines is 2. The van der Waals surface area contributed by atoms with Gasteiger partial charge in [-0.25, -0.2) is 4.98 Å². The second kappa shape index (κ2) is 8.81. The Hall–Kier alpha value is -4.60. The molecule has 10 heteroatoms. The van der Waals surface area contributed by atoms with Crippen LogP contribution in [0.5, 0.6) is 0 Å². The summed E-state index contributed by atoms with van der Waals surface area (Å²) in [6.07, 6.45) is 0.0826. The molecule has 7 nitrogen and oxygen atoms in total. The highest BCUT2D eigenvalue weighted by atomic mass is 19.4. The molecule has 2 amide bonds. The van der Waals surface area contributed by atoms with Crippen molar-refractivity contribution in [3.05, 3.63) is 94.3 Å². The number of nitrogens with one attached hydrogen (secondary N) is 3. The third-order valence-electron chi connectivity index (χ3n) is 6.06. The van der Waals surface area contributed by atoms with Crippen LogP contribution < -0.4 is 10.6 Å². The predicted octanol–water partition coefficient (Wildman–Crippen LogP) is 5.89. The molecular weight excluding hydrogens is 483 g/mol. The number of carbonyl (C=O) groups is 2. The molecule has 0 fully saturated rings. The number of fused-ring (bicyclic) bond motifs is 1. The van der Waals surface area contributed by atoms with Gasteiger partial charge in [0.05, 0.1) is 28.8 Å². The molecule has 5 rings (SSSR count). The fraction of sp³-hybridized carbons (Fsp3) is 0.148. The standard InChI is InChI=1S/C27H22F3N5O2/c1-14-6-15(2)32-23(14)11-22-21-5-4-19(10-24(21)34-26(22)37)33-25(36)17-7-18(27(28,29)30)9-20(8-17)35-12-16(3)31-13-35/h4-13,32H,1-3H3,(H,33,36)(H,34,37). The molecule has 0 spiro atoms. The smallest absolute Gasteiger partial charge is 0.359 e. The van der Waals surface area contributed by atoms with Crippen LogP contribution in [0.15, 0.2) is 55.0 Å². The van der Waals surface area contributed by atoms with Crippen molar-refractivity contribution in [2.45, 2.75) is 26.9 Å². The van der Waals surface area contributed by atoms with Gasteiger partial charge in [-0.05, 0) is 68.8 Å². The highest BCUT2D eigenvalue weighted by Crippen LogP contribution is 2.36. The normalized spacial score (nSPS) is 14.1. The SMILES string of the molecule is Cc1cn(-c2cc(C(=O)Nc3ccc4c(c3)NC(=O)C4=Cc3[nH]c(C)cc3C)cc(C(F)(F)F)c2)cn1. The molecule has 37 heavy (non-hydrogen) atoms. The van der Waals surface area contributed by atoms with Gasteiger partial charge in [-0.15, -0.1) is 0 Å². The number of rotatable bonds is 4. The van der Waals surface area contributed by atoms with Crippen LogP contribution in [0, 0.1) is 20.8 Å². The topological polar surface area (TPSA) is 91.8 Å². The number of aromatic amines is 1. The van der Waals surface area contributed by atoms with E-state index in [2.05, 4.69) is 20.6 Å². The molecule has 3 heterocycles. The van der Waals surface area contributed by atoms with Gasteiger partial charge < -0.3 is 20.2 Å². The summed E-state index contributed by atoms with van der Waals surface area (Å²) in [6.45, 7) is 5.58. The lowest BCUT2D eigenvalue weighted by atomic mass is 10.0. The molecule has 1 aliphatic heterocycles. The lowest BCUT2D eigenvalue weighted by Crippen LogP contribution is -2.15. The number of carbonyl (C=O) groups excluding carboxylic acids is 2. The van der Waals surface area contributed by atoms with Crippen LogP contribution in [0.3, 0.4) is 0 Å². The first kappa shape index (κ1) is 24.1. The van der Waals surface area contributed by atoms with Crippen LogP contribution in [-0.4, -0.2) is 26.3 Å². The summed E-state index contributed by atoms with van der Waals surface area (Å²) in [4.78, 5) is 32.9. The van der Waals surface area contributed by atoms with Gasteiger partial charge in [0.2, 0.25) is 0 Å². The van der Waals surface area contributed by atoms with Crippen molar-refractivity contribution < 1.29 is 22.8 Å². The largest absolute Gasteiger partial charge is 0.416 e. The first-order valence-electron chi connectivity index (χ1n) is 11.4. The van der Waals surface area contributed by atoms with E-state index in [0.717, 1.165) is 29.1 Å². The quantitative estimate of drug-likeness (QED) is 0.302. The third kappa shape index (κ3) is 4.77. The van der Waals surface area contributed by atoms with Crippen molar-refractivity contribution in [2.75, 3.05) is 10.6 Å². The highest BCUT2D eigenvalue weighted by molar-refractivity contribution is 6.35. The van der Waals surface area contributed by atoms with E-state index in [0.29, 0.717) is 28.2 Å². The number of halogens is 3. The molecule has 0 bridgehead atoms. The third-order valence-corrected chi connectivity index (χ3v) is 6.06. The Labute approximate surface area is 210 Å². The average Bonchev–Trinajstić information content (AvgIpc) is 3.49. The first-order valence-corrected chi connectivity index (χ1v) is 11.4. The van der Waals surface area contributed by atoms with Gasteiger partial charge in [0.15, 0.2) is 0 Å². The molecule has 0 unspecified atom stereocenters. The van der Waals surface area contributed by atoms with E-state index in [1.165, 1.54) is 17.0 Å². The van der Waals surface area contributed by atoms with E-state index in [-0.39, 0.29) is 17.2 Å². The number of H-pyrrole nitrogens is 1. The number of amides is 2. The van der Waals surface area contributed by atoms with E-state index < -0.39 is 17.6 Å². The van der Waals surface area contributed by atoms with E-state index >= 15 is 0 Å². The molecule has 0 saturated carbocycles. The van der Waals surface area contributed by atoms with Gasteiger partial charge in [-0.2, -0.15) is 13.2 Å². The van der Waals surface area contributed by atoms with Crippen molar-refractivity contribution in [3.8, 4) is 5.69 Å². The molecule has 0 atom stereocenters. The van der Waals surface area contributed by atoms with Gasteiger partial charge in [0.25, 0.3) is 11.8 Å². The summed E-state index contributed by atoms with van der Waals surface area (Å²) in [5, 5.41) is 5.41. The van der Waals surface area contributed by atoms with Crippen molar-refractivity contribution >= 4 is 34.8 Å². The monoisotopic (exact) mass is 505 g/mol. The lowest BCUT2D eigenvalue weighted by Gasteiger charge is -2.13. The molecule has 0 radical (unpaired) electrons. The zero-order valence-corrected chi connectivity index (χ0v) is 20.1. The molecule has 1 aliphatic rings. The minimum Gasteiger partial charge on any atom is -0.359 e. The second-order valence-electron chi connectivity index (χ2n) is 8.96. The van der Waals surface area contributed by atoms with Crippen molar-refractivity contribution in [1.29, 1.82) is 0 Å². The van der Waals surface area contributed by atoms with E-state index in [1.807, 2.05) is 19.9 Å². The number of alkyl halides is 3. The minimum atomic E-state index is -4.64. The summed E-state index contributed by atoms with van der Waals surface area (Å²) in [7, 11) is 0. The Morgan fingerprint density at radius 2 is 1.86 bits per heavy atom. The minimum absolute atomic E-state index is 0.159. The van der Waals surface area contributed by atoms with Gasteiger partial charge in [0, 0.05) is 40.1 Å². The number of aromatic nitrogens is 3. The Morgan fingerprint density at radius 3 is 2.51 bits per heavy atom. The molecule has 0 saturated heterocycles. The Balaban J connectivity index is 1.44. The summed E-state index contributed by atoms with van der Waals surface area (Å²) in [6, 6.07) is 9.97. The maximum Gasteiger partial charge on any atom is 0.416 e. The average molecular weight is 506 g/mol. The fourth-order valence-electron chi connectivity index (χ4n) is 4.28. The summed E-state index contributed by atoms with van der Waals surface area (Å²) < 4.78 is 42.1.